The van der Waals surface area contributed by atoms with Gasteiger partial charge in [-0.15, -0.1) is 11.6 Å². The third-order valence-electron chi connectivity index (χ3n) is 2.58. The van der Waals surface area contributed by atoms with Crippen LogP contribution in [-0.4, -0.2) is 24.7 Å². The molecule has 0 radical (unpaired) electrons. The molecule has 0 saturated heterocycles. The van der Waals surface area contributed by atoms with Crippen molar-refractivity contribution in [3.63, 3.8) is 0 Å². The lowest BCUT2D eigenvalue weighted by molar-refractivity contribution is -0.139. The number of Topliss-reactive ketones (excluding diaryl/α,β-unsaturated/α-hetero) is 1. The zero-order chi connectivity index (χ0) is 12.8. The summed E-state index contributed by atoms with van der Waals surface area (Å²) in [5.74, 6) is -0.105. The summed E-state index contributed by atoms with van der Waals surface area (Å²) < 4.78 is 4.63. The summed E-state index contributed by atoms with van der Waals surface area (Å²) in [6.45, 7) is 1.87. The minimum Gasteiger partial charge on any atom is -0.469 e. The number of halogens is 1. The molecule has 0 atom stereocenters. The average Bonchev–Trinajstić information content (AvgIpc) is 2.31. The molecule has 0 N–H and O–H groups in total. The standard InChI is InChI=1S/C13H15ClO3/c1-9-4-3-5-10(12(15)6-7-14)11(9)8-13(16)17-2/h3-5H,6-8H2,1-2H3. The molecule has 0 aliphatic rings. The van der Waals surface area contributed by atoms with Crippen LogP contribution in [-0.2, 0) is 16.0 Å². The van der Waals surface area contributed by atoms with Crippen LogP contribution in [0.2, 0.25) is 0 Å². The van der Waals surface area contributed by atoms with Crippen LogP contribution in [0.1, 0.15) is 27.9 Å². The second-order valence-corrected chi connectivity index (χ2v) is 4.09. The van der Waals surface area contributed by atoms with Gasteiger partial charge >= 0.3 is 5.97 Å². The number of hydrogen-bond acceptors (Lipinski definition) is 3. The fraction of sp³-hybridized carbons (Fsp3) is 0.385. The second kappa shape index (κ2) is 6.40. The Morgan fingerprint density at radius 2 is 2.06 bits per heavy atom. The van der Waals surface area contributed by atoms with Crippen LogP contribution < -0.4 is 0 Å². The number of alkyl halides is 1. The Labute approximate surface area is 106 Å². The smallest absolute Gasteiger partial charge is 0.310 e. The molecule has 1 aromatic rings. The predicted molar refractivity (Wildman–Crippen MR) is 66.6 cm³/mol. The number of ether oxygens (including phenoxy) is 1. The van der Waals surface area contributed by atoms with Crippen LogP contribution in [0.25, 0.3) is 0 Å². The van der Waals surface area contributed by atoms with Crippen molar-refractivity contribution in [1.82, 2.24) is 0 Å². The van der Waals surface area contributed by atoms with Crippen LogP contribution in [0.4, 0.5) is 0 Å². The molecule has 0 aliphatic carbocycles. The molecule has 0 unspecified atom stereocenters. The van der Waals surface area contributed by atoms with Crippen molar-refractivity contribution >= 4 is 23.4 Å². The molecule has 0 amide bonds. The number of benzene rings is 1. The van der Waals surface area contributed by atoms with E-state index in [-0.39, 0.29) is 30.5 Å². The van der Waals surface area contributed by atoms with Crippen molar-refractivity contribution in [3.05, 3.63) is 34.9 Å². The van der Waals surface area contributed by atoms with Gasteiger partial charge in [0.25, 0.3) is 0 Å². The molecular weight excluding hydrogens is 240 g/mol. The van der Waals surface area contributed by atoms with Crippen molar-refractivity contribution in [2.24, 2.45) is 0 Å². The Balaban J connectivity index is 3.08. The maximum Gasteiger partial charge on any atom is 0.310 e. The maximum absolute atomic E-state index is 11.9. The van der Waals surface area contributed by atoms with Gasteiger partial charge < -0.3 is 4.74 Å². The molecule has 92 valence electrons. The van der Waals surface area contributed by atoms with Gasteiger partial charge in [-0.05, 0) is 18.1 Å². The number of rotatable bonds is 5. The fourth-order valence-electron chi connectivity index (χ4n) is 1.64. The number of methoxy groups -OCH3 is 1. The van der Waals surface area contributed by atoms with E-state index in [4.69, 9.17) is 11.6 Å². The molecule has 0 saturated carbocycles. The highest BCUT2D eigenvalue weighted by atomic mass is 35.5. The van der Waals surface area contributed by atoms with Crippen molar-refractivity contribution in [2.45, 2.75) is 19.8 Å². The third-order valence-corrected chi connectivity index (χ3v) is 2.77. The van der Waals surface area contributed by atoms with Gasteiger partial charge in [-0.2, -0.15) is 0 Å². The van der Waals surface area contributed by atoms with Crippen LogP contribution in [0.5, 0.6) is 0 Å². The van der Waals surface area contributed by atoms with Gasteiger partial charge in [0, 0.05) is 17.9 Å². The summed E-state index contributed by atoms with van der Waals surface area (Å²) in [4.78, 5) is 23.2. The first-order valence-corrected chi connectivity index (χ1v) is 5.88. The van der Waals surface area contributed by atoms with E-state index in [9.17, 15) is 9.59 Å². The number of hydrogen-bond donors (Lipinski definition) is 0. The molecule has 1 rings (SSSR count). The molecular formula is C13H15ClO3. The monoisotopic (exact) mass is 254 g/mol. The molecule has 3 nitrogen and oxygen atoms in total. The van der Waals surface area contributed by atoms with Crippen molar-refractivity contribution in [3.8, 4) is 0 Å². The number of ketones is 1. The molecule has 4 heteroatoms. The first-order chi connectivity index (χ1) is 8.10. The van der Waals surface area contributed by atoms with Crippen molar-refractivity contribution in [1.29, 1.82) is 0 Å². The Morgan fingerprint density at radius 3 is 2.65 bits per heavy atom. The number of carbonyl (C=O) groups excluding carboxylic acids is 2. The van der Waals surface area contributed by atoms with E-state index in [2.05, 4.69) is 4.74 Å². The van der Waals surface area contributed by atoms with Gasteiger partial charge in [0.2, 0.25) is 0 Å². The highest BCUT2D eigenvalue weighted by molar-refractivity contribution is 6.19. The molecule has 17 heavy (non-hydrogen) atoms. The van der Waals surface area contributed by atoms with E-state index >= 15 is 0 Å². The Hall–Kier alpha value is -1.35. The van der Waals surface area contributed by atoms with Crippen LogP contribution >= 0.6 is 11.6 Å². The first-order valence-electron chi connectivity index (χ1n) is 5.34. The van der Waals surface area contributed by atoms with E-state index in [1.54, 1.807) is 12.1 Å². The van der Waals surface area contributed by atoms with E-state index in [0.29, 0.717) is 5.56 Å². The summed E-state index contributed by atoms with van der Waals surface area (Å²) >= 11 is 5.56. The predicted octanol–water partition coefficient (Wildman–Crippen LogP) is 2.52. The molecule has 0 heterocycles. The molecule has 0 bridgehead atoms. The highest BCUT2D eigenvalue weighted by Gasteiger charge is 2.15. The topological polar surface area (TPSA) is 43.4 Å². The van der Waals surface area contributed by atoms with E-state index < -0.39 is 0 Å². The van der Waals surface area contributed by atoms with Crippen molar-refractivity contribution < 1.29 is 14.3 Å². The number of esters is 1. The van der Waals surface area contributed by atoms with Gasteiger partial charge in [0.15, 0.2) is 5.78 Å². The molecule has 0 spiro atoms. The minimum absolute atomic E-state index is 0.0393. The Kier molecular flexibility index (Phi) is 5.16. The normalized spacial score (nSPS) is 10.1. The zero-order valence-corrected chi connectivity index (χ0v) is 10.7. The van der Waals surface area contributed by atoms with Crippen LogP contribution in [0.15, 0.2) is 18.2 Å². The first kappa shape index (κ1) is 13.7. The number of carbonyl (C=O) groups is 2. The molecule has 1 aromatic carbocycles. The lowest BCUT2D eigenvalue weighted by Gasteiger charge is -2.10. The lowest BCUT2D eigenvalue weighted by atomic mass is 9.95. The van der Waals surface area contributed by atoms with E-state index in [0.717, 1.165) is 11.1 Å². The fourth-order valence-corrected chi connectivity index (χ4v) is 1.81. The van der Waals surface area contributed by atoms with Gasteiger partial charge in [-0.3, -0.25) is 9.59 Å². The van der Waals surface area contributed by atoms with Crippen LogP contribution in [0.3, 0.4) is 0 Å². The SMILES string of the molecule is COC(=O)Cc1c(C)cccc1C(=O)CCCl. The van der Waals surface area contributed by atoms with Gasteiger partial charge in [-0.1, -0.05) is 18.2 Å². The largest absolute Gasteiger partial charge is 0.469 e. The quantitative estimate of drug-likeness (QED) is 0.461. The second-order valence-electron chi connectivity index (χ2n) is 3.72. The summed E-state index contributed by atoms with van der Waals surface area (Å²) in [6, 6.07) is 5.40. The zero-order valence-electron chi connectivity index (χ0n) is 9.96. The van der Waals surface area contributed by atoms with E-state index in [1.807, 2.05) is 13.0 Å². The van der Waals surface area contributed by atoms with Crippen molar-refractivity contribution in [2.75, 3.05) is 13.0 Å². The summed E-state index contributed by atoms with van der Waals surface area (Å²) in [6.07, 6.45) is 0.395. The maximum atomic E-state index is 11.9. The molecule has 0 fully saturated rings. The van der Waals surface area contributed by atoms with Crippen LogP contribution in [0, 0.1) is 6.92 Å². The van der Waals surface area contributed by atoms with Gasteiger partial charge in [-0.25, -0.2) is 0 Å². The lowest BCUT2D eigenvalue weighted by Crippen LogP contribution is -2.12. The minimum atomic E-state index is -0.348. The third kappa shape index (κ3) is 3.56. The van der Waals surface area contributed by atoms with E-state index in [1.165, 1.54) is 7.11 Å². The highest BCUT2D eigenvalue weighted by Crippen LogP contribution is 2.17. The number of aryl methyl sites for hydroxylation is 1. The summed E-state index contributed by atoms with van der Waals surface area (Å²) in [5.41, 5.74) is 2.21. The Morgan fingerprint density at radius 1 is 1.35 bits per heavy atom. The van der Waals surface area contributed by atoms with Gasteiger partial charge in [0.1, 0.15) is 0 Å². The average molecular weight is 255 g/mol. The summed E-state index contributed by atoms with van der Waals surface area (Å²) in [5, 5.41) is 0. The Bertz CT molecular complexity index is 427. The van der Waals surface area contributed by atoms with Gasteiger partial charge in [0.05, 0.1) is 13.5 Å². The molecule has 0 aromatic heterocycles. The molecule has 0 aliphatic heterocycles. The summed E-state index contributed by atoms with van der Waals surface area (Å²) in [7, 11) is 1.33.